The Balaban J connectivity index is 1.38. The number of nitrogens with zero attached hydrogens (tertiary/aromatic N) is 3. The Labute approximate surface area is 165 Å². The zero-order valence-corrected chi connectivity index (χ0v) is 15.6. The summed E-state index contributed by atoms with van der Waals surface area (Å²) in [5.41, 5.74) is 0.156. The third-order valence-electron chi connectivity index (χ3n) is 5.61. The molecule has 29 heavy (non-hydrogen) atoms. The summed E-state index contributed by atoms with van der Waals surface area (Å²) in [5, 5.41) is 0. The van der Waals surface area contributed by atoms with Gasteiger partial charge in [-0.3, -0.25) is 9.78 Å². The van der Waals surface area contributed by atoms with Crippen LogP contribution in [0.5, 0.6) is 11.6 Å². The smallest absolute Gasteiger partial charge is 0.473 e. The molecule has 1 spiro atoms. The molecule has 0 bridgehead atoms. The molecule has 9 heteroatoms. The van der Waals surface area contributed by atoms with Crippen molar-refractivity contribution >= 4 is 11.6 Å². The molecule has 1 aromatic carbocycles. The number of aromatic nitrogens is 2. The van der Waals surface area contributed by atoms with E-state index < -0.39 is 11.8 Å². The molecule has 0 atom stereocenters. The number of ether oxygens (including phenoxy) is 2. The van der Waals surface area contributed by atoms with E-state index in [-0.39, 0.29) is 17.8 Å². The van der Waals surface area contributed by atoms with Crippen molar-refractivity contribution in [2.45, 2.75) is 44.6 Å². The molecule has 1 amide bonds. The van der Waals surface area contributed by atoms with Gasteiger partial charge in [-0.2, -0.15) is 0 Å². The normalized spacial score (nSPS) is 24.7. The molecule has 2 heterocycles. The number of amides is 1. The Kier molecular flexibility index (Phi) is 5.06. The van der Waals surface area contributed by atoms with Crippen molar-refractivity contribution in [3.8, 4) is 11.6 Å². The molecule has 2 aliphatic rings. The fraction of sp³-hybridized carbons (Fsp3) is 0.450. The number of hydrogen-bond acceptors (Lipinski definition) is 5. The fourth-order valence-electron chi connectivity index (χ4n) is 4.14. The summed E-state index contributed by atoms with van der Waals surface area (Å²) in [4.78, 5) is 22.9. The summed E-state index contributed by atoms with van der Waals surface area (Å²) in [6.45, 7) is 0.550. The predicted molar refractivity (Wildman–Crippen MR) is 97.4 cm³/mol. The number of benzene rings is 1. The summed E-state index contributed by atoms with van der Waals surface area (Å²) < 4.78 is 46.7. The second-order valence-electron chi connectivity index (χ2n) is 7.39. The zero-order chi connectivity index (χ0) is 20.5. The summed E-state index contributed by atoms with van der Waals surface area (Å²) in [5.74, 6) is 0.207. The molecule has 0 N–H and O–H groups in total. The average Bonchev–Trinajstić information content (AvgIpc) is 3.00. The highest BCUT2D eigenvalue weighted by Crippen LogP contribution is 2.46. The van der Waals surface area contributed by atoms with Crippen molar-refractivity contribution in [1.82, 2.24) is 9.97 Å². The van der Waals surface area contributed by atoms with Crippen LogP contribution in [0.15, 0.2) is 42.9 Å². The lowest BCUT2D eigenvalue weighted by atomic mass is 9.72. The van der Waals surface area contributed by atoms with E-state index in [9.17, 15) is 18.0 Å². The van der Waals surface area contributed by atoms with Crippen molar-refractivity contribution in [2.75, 3.05) is 11.4 Å². The van der Waals surface area contributed by atoms with Gasteiger partial charge in [-0.1, -0.05) is 0 Å². The zero-order valence-electron chi connectivity index (χ0n) is 15.6. The van der Waals surface area contributed by atoms with E-state index in [1.165, 1.54) is 24.3 Å². The van der Waals surface area contributed by atoms with E-state index in [0.29, 0.717) is 31.0 Å². The molecule has 2 aromatic rings. The van der Waals surface area contributed by atoms with Gasteiger partial charge in [0.25, 0.3) is 0 Å². The van der Waals surface area contributed by atoms with Crippen molar-refractivity contribution in [1.29, 1.82) is 0 Å². The lowest BCUT2D eigenvalue weighted by molar-refractivity contribution is -0.274. The van der Waals surface area contributed by atoms with Gasteiger partial charge in [0.15, 0.2) is 0 Å². The first-order chi connectivity index (χ1) is 13.8. The first kappa shape index (κ1) is 19.5. The van der Waals surface area contributed by atoms with Crippen molar-refractivity contribution in [2.24, 2.45) is 5.41 Å². The van der Waals surface area contributed by atoms with Gasteiger partial charge >= 0.3 is 6.36 Å². The number of carbonyl (C=O) groups is 1. The third kappa shape index (κ3) is 4.28. The van der Waals surface area contributed by atoms with E-state index in [1.54, 1.807) is 23.5 Å². The van der Waals surface area contributed by atoms with Crippen LogP contribution < -0.4 is 14.4 Å². The van der Waals surface area contributed by atoms with Crippen LogP contribution in [-0.4, -0.2) is 34.9 Å². The lowest BCUT2D eigenvalue weighted by Gasteiger charge is -2.35. The van der Waals surface area contributed by atoms with Gasteiger partial charge in [0.2, 0.25) is 11.8 Å². The second kappa shape index (κ2) is 7.53. The molecule has 6 nitrogen and oxygen atoms in total. The quantitative estimate of drug-likeness (QED) is 0.763. The Morgan fingerprint density at radius 1 is 1.07 bits per heavy atom. The minimum Gasteiger partial charge on any atom is -0.473 e. The minimum atomic E-state index is -4.74. The number of hydrogen-bond donors (Lipinski definition) is 0. The topological polar surface area (TPSA) is 64.6 Å². The lowest BCUT2D eigenvalue weighted by Crippen LogP contribution is -2.39. The van der Waals surface area contributed by atoms with Gasteiger partial charge in [0.05, 0.1) is 11.6 Å². The predicted octanol–water partition coefficient (Wildman–Crippen LogP) is 4.12. The number of anilines is 1. The average molecular weight is 407 g/mol. The monoisotopic (exact) mass is 407 g/mol. The van der Waals surface area contributed by atoms with Crippen LogP contribution in [0.2, 0.25) is 0 Å². The molecular weight excluding hydrogens is 387 g/mol. The first-order valence-corrected chi connectivity index (χ1v) is 9.45. The molecule has 0 unspecified atom stereocenters. The Hall–Kier alpha value is -2.84. The van der Waals surface area contributed by atoms with Crippen molar-refractivity contribution in [3.63, 3.8) is 0 Å². The van der Waals surface area contributed by atoms with Crippen LogP contribution in [0.4, 0.5) is 18.9 Å². The number of carbonyl (C=O) groups excluding carboxylic acids is 1. The molecule has 0 radical (unpaired) electrons. The van der Waals surface area contributed by atoms with Crippen LogP contribution in [-0.2, 0) is 4.79 Å². The first-order valence-electron chi connectivity index (χ1n) is 9.45. The Bertz CT molecular complexity index is 851. The van der Waals surface area contributed by atoms with E-state index in [1.807, 2.05) is 0 Å². The SMILES string of the molecule is O=C1N(c2ccc(OC(F)(F)F)cc2)CC[C@]12CC[C@@H](Oc1cnccn1)CC2. The molecule has 2 fully saturated rings. The molecule has 1 saturated heterocycles. The number of rotatable bonds is 4. The molecular formula is C20H20F3N3O3. The van der Waals surface area contributed by atoms with Gasteiger partial charge in [-0.15, -0.1) is 13.2 Å². The molecule has 1 saturated carbocycles. The molecule has 1 aliphatic heterocycles. The maximum Gasteiger partial charge on any atom is 0.573 e. The molecule has 4 rings (SSSR count). The van der Waals surface area contributed by atoms with Gasteiger partial charge in [0.1, 0.15) is 11.9 Å². The van der Waals surface area contributed by atoms with Crippen LogP contribution in [0, 0.1) is 5.41 Å². The minimum absolute atomic E-state index is 0.00187. The summed E-state index contributed by atoms with van der Waals surface area (Å²) in [7, 11) is 0. The van der Waals surface area contributed by atoms with Crippen LogP contribution in [0.3, 0.4) is 0 Å². The van der Waals surface area contributed by atoms with E-state index in [0.717, 1.165) is 19.3 Å². The summed E-state index contributed by atoms with van der Waals surface area (Å²) >= 11 is 0. The molecule has 154 valence electrons. The summed E-state index contributed by atoms with van der Waals surface area (Å²) in [6.07, 6.45) is 3.62. The van der Waals surface area contributed by atoms with E-state index in [4.69, 9.17) is 4.74 Å². The third-order valence-corrected chi connectivity index (χ3v) is 5.61. The standard InChI is InChI=1S/C20H20F3N3O3/c21-20(22,23)29-16-3-1-14(2-4-16)26-12-9-19(18(26)27)7-5-15(6-8-19)28-17-13-24-10-11-25-17/h1-4,10-11,13,15H,5-9,12H2/t15-,19-. The Morgan fingerprint density at radius 3 is 2.41 bits per heavy atom. The fourth-order valence-corrected chi connectivity index (χ4v) is 4.14. The highest BCUT2D eigenvalue weighted by Gasteiger charge is 2.49. The largest absolute Gasteiger partial charge is 0.573 e. The van der Waals surface area contributed by atoms with Crippen LogP contribution in [0.25, 0.3) is 0 Å². The van der Waals surface area contributed by atoms with Gasteiger partial charge in [-0.25, -0.2) is 4.98 Å². The van der Waals surface area contributed by atoms with Crippen LogP contribution >= 0.6 is 0 Å². The Morgan fingerprint density at radius 2 is 1.79 bits per heavy atom. The molecule has 1 aliphatic carbocycles. The number of halogens is 3. The van der Waals surface area contributed by atoms with Crippen molar-refractivity contribution < 1.29 is 27.4 Å². The van der Waals surface area contributed by atoms with E-state index in [2.05, 4.69) is 14.7 Å². The summed E-state index contributed by atoms with van der Waals surface area (Å²) in [6, 6.07) is 5.43. The van der Waals surface area contributed by atoms with Gasteiger partial charge < -0.3 is 14.4 Å². The second-order valence-corrected chi connectivity index (χ2v) is 7.39. The maximum absolute atomic E-state index is 13.1. The van der Waals surface area contributed by atoms with E-state index >= 15 is 0 Å². The van der Waals surface area contributed by atoms with Crippen molar-refractivity contribution in [3.05, 3.63) is 42.9 Å². The van der Waals surface area contributed by atoms with Gasteiger partial charge in [0, 0.05) is 24.6 Å². The van der Waals surface area contributed by atoms with Gasteiger partial charge in [-0.05, 0) is 56.4 Å². The highest BCUT2D eigenvalue weighted by atomic mass is 19.4. The molecule has 1 aromatic heterocycles. The van der Waals surface area contributed by atoms with Crippen LogP contribution in [0.1, 0.15) is 32.1 Å². The number of alkyl halides is 3. The maximum atomic E-state index is 13.1. The highest BCUT2D eigenvalue weighted by molar-refractivity contribution is 6.00.